The highest BCUT2D eigenvalue weighted by molar-refractivity contribution is 5.77. The van der Waals surface area contributed by atoms with Gasteiger partial charge in [0.25, 0.3) is 0 Å². The Morgan fingerprint density at radius 2 is 0.983 bits per heavy atom. The van der Waals surface area contributed by atoms with Crippen LogP contribution >= 0.6 is 0 Å². The first-order chi connectivity index (χ1) is 28.5. The number of aliphatic hydroxyl groups excluding tert-OH is 2. The molecule has 3 unspecified atom stereocenters. The number of aliphatic hydroxyl groups is 2. The molecule has 0 bridgehead atoms. The maximum absolute atomic E-state index is 13.1. The topological polar surface area (TPSA) is 95.9 Å². The van der Waals surface area contributed by atoms with Crippen molar-refractivity contribution in [3.8, 4) is 0 Å². The molecular formula is C52H89NO5. The van der Waals surface area contributed by atoms with Gasteiger partial charge in [0.1, 0.15) is 6.10 Å². The summed E-state index contributed by atoms with van der Waals surface area (Å²) in [7, 11) is 0. The van der Waals surface area contributed by atoms with E-state index in [1.165, 1.54) is 89.9 Å². The maximum atomic E-state index is 13.1. The Balaban J connectivity index is 4.76. The Hall–Kier alpha value is -2.96. The molecule has 6 nitrogen and oxygen atoms in total. The van der Waals surface area contributed by atoms with Crippen LogP contribution in [0.3, 0.4) is 0 Å². The second-order valence-electron chi connectivity index (χ2n) is 15.9. The predicted octanol–water partition coefficient (Wildman–Crippen LogP) is 14.0. The van der Waals surface area contributed by atoms with Crippen LogP contribution in [0.15, 0.2) is 85.1 Å². The molecule has 0 rings (SSSR count). The van der Waals surface area contributed by atoms with E-state index < -0.39 is 18.2 Å². The van der Waals surface area contributed by atoms with Gasteiger partial charge in [0, 0.05) is 6.42 Å². The third-order valence-electron chi connectivity index (χ3n) is 10.4. The Bertz CT molecular complexity index is 1130. The number of unbranched alkanes of at least 4 members (excludes halogenated alkanes) is 20. The Morgan fingerprint density at radius 1 is 0.517 bits per heavy atom. The Kier molecular flexibility index (Phi) is 42.8. The predicted molar refractivity (Wildman–Crippen MR) is 250 cm³/mol. The van der Waals surface area contributed by atoms with Gasteiger partial charge in [-0.25, -0.2) is 0 Å². The van der Waals surface area contributed by atoms with E-state index in [4.69, 9.17) is 4.74 Å². The van der Waals surface area contributed by atoms with Crippen molar-refractivity contribution in [2.75, 3.05) is 6.61 Å². The Labute approximate surface area is 357 Å². The summed E-state index contributed by atoms with van der Waals surface area (Å²) in [5.41, 5.74) is 0. The van der Waals surface area contributed by atoms with Gasteiger partial charge < -0.3 is 20.3 Å². The lowest BCUT2D eigenvalue weighted by Crippen LogP contribution is -2.46. The minimum atomic E-state index is -0.811. The van der Waals surface area contributed by atoms with Crippen molar-refractivity contribution in [3.63, 3.8) is 0 Å². The average molecular weight is 808 g/mol. The van der Waals surface area contributed by atoms with Crippen LogP contribution in [0.1, 0.15) is 207 Å². The fourth-order valence-corrected chi connectivity index (χ4v) is 6.74. The summed E-state index contributed by atoms with van der Waals surface area (Å²) >= 11 is 0. The molecule has 1 amide bonds. The number of esters is 1. The molecule has 0 aromatic heterocycles. The molecule has 0 aromatic rings. The molecule has 58 heavy (non-hydrogen) atoms. The van der Waals surface area contributed by atoms with Crippen molar-refractivity contribution in [3.05, 3.63) is 85.1 Å². The van der Waals surface area contributed by atoms with E-state index in [0.29, 0.717) is 19.3 Å². The minimum Gasteiger partial charge on any atom is -0.462 e. The van der Waals surface area contributed by atoms with Crippen molar-refractivity contribution in [2.45, 2.75) is 225 Å². The van der Waals surface area contributed by atoms with E-state index in [2.05, 4.69) is 50.4 Å². The molecule has 3 N–H and O–H groups in total. The van der Waals surface area contributed by atoms with E-state index in [1.807, 2.05) is 60.8 Å². The van der Waals surface area contributed by atoms with Crippen LogP contribution in [-0.4, -0.2) is 46.9 Å². The molecule has 0 heterocycles. The SMILES string of the molecule is CC\C=C/C=C/C=C/C=C\C=C\C=C\CCCC(CC(=O)NC(CO)C(O)CCCCCCCCCCCCCCC)OC(=O)CCCCCCC/C=C\CCCC. The molecule has 0 saturated heterocycles. The van der Waals surface area contributed by atoms with Crippen LogP contribution in [0.2, 0.25) is 0 Å². The quantitative estimate of drug-likeness (QED) is 0.0247. The van der Waals surface area contributed by atoms with Crippen LogP contribution < -0.4 is 5.32 Å². The van der Waals surface area contributed by atoms with E-state index >= 15 is 0 Å². The molecule has 0 fully saturated rings. The van der Waals surface area contributed by atoms with E-state index in [9.17, 15) is 19.8 Å². The standard InChI is InChI=1S/C52H89NO5/c1-4-7-10-13-16-19-22-24-25-27-29-31-34-37-40-43-48(58-52(57)45-42-39-36-33-28-21-18-15-12-9-6-3)46-51(56)53-49(47-54)50(55)44-41-38-35-32-30-26-23-20-17-14-11-8-5-2/h7,10,13,15-16,18-19,22,24-25,27,29,31,34,48-50,54-55H,4-6,8-9,11-12,14,17,20-21,23,26,28,30,32-33,35-47H2,1-3H3,(H,53,56)/b10-7-,16-13+,18-15-,22-19+,25-24-,29-27+,34-31+. The summed E-state index contributed by atoms with van der Waals surface area (Å²) < 4.78 is 5.86. The molecule has 0 spiro atoms. The number of hydrogen-bond donors (Lipinski definition) is 3. The number of rotatable bonds is 41. The highest BCUT2D eigenvalue weighted by Gasteiger charge is 2.24. The van der Waals surface area contributed by atoms with Crippen LogP contribution in [0, 0.1) is 0 Å². The number of allylic oxidation sites excluding steroid dienone is 14. The van der Waals surface area contributed by atoms with Crippen molar-refractivity contribution in [1.82, 2.24) is 5.32 Å². The van der Waals surface area contributed by atoms with Crippen LogP contribution in [0.25, 0.3) is 0 Å². The number of carbonyl (C=O) groups is 2. The zero-order valence-electron chi connectivity index (χ0n) is 37.6. The molecule has 0 aromatic carbocycles. The molecule has 0 aliphatic heterocycles. The van der Waals surface area contributed by atoms with Crippen molar-refractivity contribution in [1.29, 1.82) is 0 Å². The van der Waals surface area contributed by atoms with Gasteiger partial charge in [0.15, 0.2) is 0 Å². The summed E-state index contributed by atoms with van der Waals surface area (Å²) in [5, 5.41) is 23.7. The molecule has 0 radical (unpaired) electrons. The third kappa shape index (κ3) is 39.8. The second kappa shape index (κ2) is 45.1. The zero-order chi connectivity index (χ0) is 42.4. The number of nitrogens with one attached hydrogen (secondary N) is 1. The van der Waals surface area contributed by atoms with Gasteiger partial charge in [0.05, 0.1) is 25.2 Å². The first-order valence-corrected chi connectivity index (χ1v) is 23.9. The molecule has 0 saturated carbocycles. The van der Waals surface area contributed by atoms with E-state index in [0.717, 1.165) is 70.6 Å². The summed E-state index contributed by atoms with van der Waals surface area (Å²) in [4.78, 5) is 26.0. The zero-order valence-corrected chi connectivity index (χ0v) is 37.6. The maximum Gasteiger partial charge on any atom is 0.306 e. The lowest BCUT2D eigenvalue weighted by molar-refractivity contribution is -0.151. The largest absolute Gasteiger partial charge is 0.462 e. The van der Waals surface area contributed by atoms with Crippen LogP contribution in [0.5, 0.6) is 0 Å². The fraction of sp³-hybridized carbons (Fsp3) is 0.692. The minimum absolute atomic E-state index is 0.0193. The highest BCUT2D eigenvalue weighted by atomic mass is 16.5. The second-order valence-corrected chi connectivity index (χ2v) is 15.9. The first kappa shape index (κ1) is 55.0. The molecule has 0 aliphatic carbocycles. The third-order valence-corrected chi connectivity index (χ3v) is 10.4. The lowest BCUT2D eigenvalue weighted by Gasteiger charge is -2.24. The van der Waals surface area contributed by atoms with Gasteiger partial charge in [0.2, 0.25) is 5.91 Å². The smallest absolute Gasteiger partial charge is 0.306 e. The summed E-state index contributed by atoms with van der Waals surface area (Å²) in [6.45, 7) is 6.26. The van der Waals surface area contributed by atoms with Gasteiger partial charge >= 0.3 is 5.97 Å². The number of ether oxygens (including phenoxy) is 1. The summed E-state index contributed by atoms with van der Waals surface area (Å²) in [5.74, 6) is -0.567. The van der Waals surface area contributed by atoms with Crippen LogP contribution in [-0.2, 0) is 14.3 Å². The van der Waals surface area contributed by atoms with Crippen LogP contribution in [0.4, 0.5) is 0 Å². The van der Waals surface area contributed by atoms with Gasteiger partial charge in [-0.2, -0.15) is 0 Å². The van der Waals surface area contributed by atoms with Gasteiger partial charge in [-0.1, -0.05) is 221 Å². The fourth-order valence-electron chi connectivity index (χ4n) is 6.74. The highest BCUT2D eigenvalue weighted by Crippen LogP contribution is 2.16. The van der Waals surface area contributed by atoms with Gasteiger partial charge in [-0.3, -0.25) is 9.59 Å². The average Bonchev–Trinajstić information content (AvgIpc) is 3.22. The molecule has 0 aliphatic rings. The number of hydrogen-bond acceptors (Lipinski definition) is 5. The van der Waals surface area contributed by atoms with Crippen molar-refractivity contribution < 1.29 is 24.5 Å². The number of amides is 1. The summed E-state index contributed by atoms with van der Waals surface area (Å²) in [6, 6.07) is -0.730. The van der Waals surface area contributed by atoms with E-state index in [1.54, 1.807) is 0 Å². The Morgan fingerprint density at radius 3 is 1.53 bits per heavy atom. The van der Waals surface area contributed by atoms with E-state index in [-0.39, 0.29) is 24.9 Å². The monoisotopic (exact) mass is 808 g/mol. The first-order valence-electron chi connectivity index (χ1n) is 23.9. The molecule has 3 atom stereocenters. The lowest BCUT2D eigenvalue weighted by atomic mass is 10.0. The molecular weight excluding hydrogens is 719 g/mol. The van der Waals surface area contributed by atoms with Crippen molar-refractivity contribution in [2.24, 2.45) is 0 Å². The normalized spacial score (nSPS) is 14.1. The van der Waals surface area contributed by atoms with Crippen molar-refractivity contribution >= 4 is 11.9 Å². The summed E-state index contributed by atoms with van der Waals surface area (Å²) in [6.07, 6.45) is 57.8. The molecule has 332 valence electrons. The molecule has 6 heteroatoms. The van der Waals surface area contributed by atoms with Gasteiger partial charge in [-0.15, -0.1) is 0 Å². The number of carbonyl (C=O) groups excluding carboxylic acids is 2. The van der Waals surface area contributed by atoms with Gasteiger partial charge in [-0.05, 0) is 57.8 Å².